The first kappa shape index (κ1) is 16.0. The zero-order chi connectivity index (χ0) is 15.4. The number of ether oxygens (including phenoxy) is 2. The highest BCUT2D eigenvalue weighted by Crippen LogP contribution is 2.46. The summed E-state index contributed by atoms with van der Waals surface area (Å²) < 4.78 is 10.4. The van der Waals surface area contributed by atoms with Gasteiger partial charge in [0.1, 0.15) is 11.6 Å². The van der Waals surface area contributed by atoms with E-state index in [1.54, 1.807) is 6.92 Å². The maximum Gasteiger partial charge on any atom is 0.341 e. The molecule has 1 fully saturated rings. The standard InChI is InChI=1S/C15H21NO4S/c1-4-19-15(18)13-11(10-5-6-10)8-21-14(13)16-12(17)7-20-9(2)3/h8-10H,4-7H2,1-3H3,(H,16,17). The second-order valence-corrected chi connectivity index (χ2v) is 6.18. The molecule has 2 rings (SSSR count). The van der Waals surface area contributed by atoms with E-state index < -0.39 is 0 Å². The molecule has 5 nitrogen and oxygen atoms in total. The summed E-state index contributed by atoms with van der Waals surface area (Å²) in [6.45, 7) is 5.82. The molecule has 0 radical (unpaired) electrons. The molecule has 1 aromatic rings. The van der Waals surface area contributed by atoms with Gasteiger partial charge < -0.3 is 14.8 Å². The Balaban J connectivity index is 2.11. The molecular weight excluding hydrogens is 290 g/mol. The summed E-state index contributed by atoms with van der Waals surface area (Å²) in [4.78, 5) is 24.0. The summed E-state index contributed by atoms with van der Waals surface area (Å²) in [6, 6.07) is 0. The van der Waals surface area contributed by atoms with Crippen LogP contribution in [0.2, 0.25) is 0 Å². The Labute approximate surface area is 128 Å². The lowest BCUT2D eigenvalue weighted by molar-refractivity contribution is -0.121. The molecule has 0 bridgehead atoms. The highest BCUT2D eigenvalue weighted by molar-refractivity contribution is 7.15. The molecule has 1 aromatic heterocycles. The van der Waals surface area contributed by atoms with E-state index in [0.29, 0.717) is 23.1 Å². The minimum absolute atomic E-state index is 0.00867. The summed E-state index contributed by atoms with van der Waals surface area (Å²) in [6.07, 6.45) is 2.17. The smallest absolute Gasteiger partial charge is 0.341 e. The van der Waals surface area contributed by atoms with Crippen LogP contribution in [0.3, 0.4) is 0 Å². The molecule has 116 valence electrons. The Kier molecular flexibility index (Phi) is 5.36. The summed E-state index contributed by atoms with van der Waals surface area (Å²) in [5.41, 5.74) is 1.51. The number of anilines is 1. The average molecular weight is 311 g/mol. The molecule has 0 unspecified atom stereocenters. The molecule has 6 heteroatoms. The first-order valence-electron chi connectivity index (χ1n) is 7.22. The van der Waals surface area contributed by atoms with E-state index in [4.69, 9.17) is 9.47 Å². The third-order valence-electron chi connectivity index (χ3n) is 3.12. The van der Waals surface area contributed by atoms with Gasteiger partial charge >= 0.3 is 5.97 Å². The molecule has 1 aliphatic rings. The van der Waals surface area contributed by atoms with Gasteiger partial charge in [0.15, 0.2) is 0 Å². The topological polar surface area (TPSA) is 64.6 Å². The third kappa shape index (κ3) is 4.28. The SMILES string of the molecule is CCOC(=O)c1c(C2CC2)csc1NC(=O)COC(C)C. The van der Waals surface area contributed by atoms with Crippen molar-refractivity contribution in [2.45, 2.75) is 45.6 Å². The van der Waals surface area contributed by atoms with Gasteiger partial charge in [-0.2, -0.15) is 0 Å². The second-order valence-electron chi connectivity index (χ2n) is 5.30. The van der Waals surface area contributed by atoms with Crippen molar-refractivity contribution in [3.63, 3.8) is 0 Å². The van der Waals surface area contributed by atoms with Crippen LogP contribution >= 0.6 is 11.3 Å². The number of carbonyl (C=O) groups is 2. The highest BCUT2D eigenvalue weighted by Gasteiger charge is 2.32. The normalized spacial score (nSPS) is 14.3. The van der Waals surface area contributed by atoms with E-state index in [2.05, 4.69) is 5.32 Å². The second kappa shape index (κ2) is 7.04. The number of hydrogen-bond donors (Lipinski definition) is 1. The number of nitrogens with one attached hydrogen (secondary N) is 1. The van der Waals surface area contributed by atoms with Crippen molar-refractivity contribution < 1.29 is 19.1 Å². The highest BCUT2D eigenvalue weighted by atomic mass is 32.1. The van der Waals surface area contributed by atoms with Gasteiger partial charge in [0, 0.05) is 0 Å². The Morgan fingerprint density at radius 1 is 1.43 bits per heavy atom. The first-order chi connectivity index (χ1) is 10.0. The zero-order valence-electron chi connectivity index (χ0n) is 12.6. The molecular formula is C15H21NO4S. The lowest BCUT2D eigenvalue weighted by Gasteiger charge is -2.09. The van der Waals surface area contributed by atoms with E-state index in [1.165, 1.54) is 11.3 Å². The minimum atomic E-state index is -0.360. The molecule has 0 aromatic carbocycles. The van der Waals surface area contributed by atoms with Crippen molar-refractivity contribution in [2.75, 3.05) is 18.5 Å². The molecule has 0 spiro atoms. The van der Waals surface area contributed by atoms with Crippen LogP contribution in [0.15, 0.2) is 5.38 Å². The number of rotatable bonds is 7. The van der Waals surface area contributed by atoms with E-state index in [-0.39, 0.29) is 24.6 Å². The number of hydrogen-bond acceptors (Lipinski definition) is 5. The summed E-state index contributed by atoms with van der Waals surface area (Å²) in [5, 5.41) is 5.27. The van der Waals surface area contributed by atoms with Crippen LogP contribution < -0.4 is 5.32 Å². The largest absolute Gasteiger partial charge is 0.462 e. The molecule has 1 saturated carbocycles. The lowest BCUT2D eigenvalue weighted by atomic mass is 10.1. The van der Waals surface area contributed by atoms with E-state index in [0.717, 1.165) is 18.4 Å². The van der Waals surface area contributed by atoms with Crippen molar-refractivity contribution in [1.82, 2.24) is 0 Å². The van der Waals surface area contributed by atoms with Gasteiger partial charge in [0.25, 0.3) is 5.91 Å². The minimum Gasteiger partial charge on any atom is -0.462 e. The molecule has 0 saturated heterocycles. The van der Waals surface area contributed by atoms with Crippen LogP contribution in [-0.4, -0.2) is 31.2 Å². The molecule has 0 aliphatic heterocycles. The van der Waals surface area contributed by atoms with Gasteiger partial charge in [-0.15, -0.1) is 11.3 Å². The van der Waals surface area contributed by atoms with Gasteiger partial charge in [-0.05, 0) is 50.5 Å². The zero-order valence-corrected chi connectivity index (χ0v) is 13.4. The molecule has 1 amide bonds. The van der Waals surface area contributed by atoms with Crippen LogP contribution in [0.4, 0.5) is 5.00 Å². The molecule has 21 heavy (non-hydrogen) atoms. The van der Waals surface area contributed by atoms with Gasteiger partial charge in [-0.1, -0.05) is 0 Å². The summed E-state index contributed by atoms with van der Waals surface area (Å²) in [5.74, 6) is -0.183. The van der Waals surface area contributed by atoms with Crippen molar-refractivity contribution in [3.8, 4) is 0 Å². The number of esters is 1. The van der Waals surface area contributed by atoms with Gasteiger partial charge in [0.05, 0.1) is 18.3 Å². The van der Waals surface area contributed by atoms with Crippen LogP contribution in [0.5, 0.6) is 0 Å². The van der Waals surface area contributed by atoms with Gasteiger partial charge in [-0.25, -0.2) is 4.79 Å². The molecule has 1 N–H and O–H groups in total. The summed E-state index contributed by atoms with van der Waals surface area (Å²) in [7, 11) is 0. The fourth-order valence-corrected chi connectivity index (χ4v) is 3.02. The van der Waals surface area contributed by atoms with Crippen molar-refractivity contribution >= 4 is 28.2 Å². The van der Waals surface area contributed by atoms with Crippen molar-refractivity contribution in [3.05, 3.63) is 16.5 Å². The maximum atomic E-state index is 12.1. The lowest BCUT2D eigenvalue weighted by Crippen LogP contribution is -2.21. The van der Waals surface area contributed by atoms with E-state index in [1.807, 2.05) is 19.2 Å². The predicted molar refractivity (Wildman–Crippen MR) is 82.0 cm³/mol. The molecule has 0 atom stereocenters. The Morgan fingerprint density at radius 3 is 2.71 bits per heavy atom. The number of thiophene rings is 1. The van der Waals surface area contributed by atoms with Crippen LogP contribution in [0, 0.1) is 0 Å². The van der Waals surface area contributed by atoms with Crippen LogP contribution in [0.25, 0.3) is 0 Å². The number of carbonyl (C=O) groups excluding carboxylic acids is 2. The fraction of sp³-hybridized carbons (Fsp3) is 0.600. The fourth-order valence-electron chi connectivity index (χ4n) is 1.98. The summed E-state index contributed by atoms with van der Waals surface area (Å²) >= 11 is 1.37. The van der Waals surface area contributed by atoms with Crippen molar-refractivity contribution in [2.24, 2.45) is 0 Å². The van der Waals surface area contributed by atoms with Gasteiger partial charge in [-0.3, -0.25) is 4.79 Å². The number of amides is 1. The predicted octanol–water partition coefficient (Wildman–Crippen LogP) is 3.17. The van der Waals surface area contributed by atoms with Crippen LogP contribution in [0.1, 0.15) is 55.5 Å². The first-order valence-corrected chi connectivity index (χ1v) is 8.10. The quantitative estimate of drug-likeness (QED) is 0.786. The van der Waals surface area contributed by atoms with Crippen LogP contribution in [-0.2, 0) is 14.3 Å². The van der Waals surface area contributed by atoms with Gasteiger partial charge in [0.2, 0.25) is 0 Å². The average Bonchev–Trinajstić information content (AvgIpc) is 3.18. The Morgan fingerprint density at radius 2 is 2.14 bits per heavy atom. The Hall–Kier alpha value is -1.40. The van der Waals surface area contributed by atoms with Crippen molar-refractivity contribution in [1.29, 1.82) is 0 Å². The Bertz CT molecular complexity index is 520. The van der Waals surface area contributed by atoms with E-state index in [9.17, 15) is 9.59 Å². The monoisotopic (exact) mass is 311 g/mol. The van der Waals surface area contributed by atoms with E-state index >= 15 is 0 Å². The maximum absolute atomic E-state index is 12.1. The molecule has 1 aliphatic carbocycles. The third-order valence-corrected chi connectivity index (χ3v) is 4.03. The molecule has 1 heterocycles.